The molecule has 0 spiro atoms. The molecule has 2 aromatic carbocycles. The Hall–Kier alpha value is -4.70. The molecule has 0 fully saturated rings. The van der Waals surface area contributed by atoms with Crippen LogP contribution in [0.3, 0.4) is 0 Å². The second-order valence-electron chi connectivity index (χ2n) is 13.7. The van der Waals surface area contributed by atoms with Gasteiger partial charge in [-0.1, -0.05) is 76.9 Å². The van der Waals surface area contributed by atoms with Crippen LogP contribution >= 0.6 is 0 Å². The minimum atomic E-state index is -1.05. The molecule has 0 aliphatic carbocycles. The quantitative estimate of drug-likeness (QED) is 0.241. The van der Waals surface area contributed by atoms with Crippen molar-refractivity contribution < 1.29 is 19.4 Å². The van der Waals surface area contributed by atoms with Gasteiger partial charge in [-0.15, -0.1) is 0 Å². The topological polar surface area (TPSA) is 105 Å². The van der Waals surface area contributed by atoms with Gasteiger partial charge < -0.3 is 14.6 Å². The maximum Gasteiger partial charge on any atom is 0.341 e. The number of carboxylic acid groups (broad SMARTS) is 1. The number of ether oxygens (including phenoxy) is 2. The van der Waals surface area contributed by atoms with Crippen LogP contribution < -0.4 is 9.47 Å². The third-order valence-electron chi connectivity index (χ3n) is 7.22. The number of hydrogen-bond acceptors (Lipinski definition) is 6. The molecule has 236 valence electrons. The van der Waals surface area contributed by atoms with E-state index in [4.69, 9.17) is 9.47 Å². The Morgan fingerprint density at radius 3 is 1.42 bits per heavy atom. The summed E-state index contributed by atoms with van der Waals surface area (Å²) in [6.45, 7) is 24.4. The third-order valence-corrected chi connectivity index (χ3v) is 7.22. The molecular formula is C38H45N3O4. The third kappa shape index (κ3) is 8.69. The molecule has 4 aromatic rings. The molecule has 0 aliphatic heterocycles. The van der Waals surface area contributed by atoms with Crippen molar-refractivity contribution >= 4 is 5.97 Å². The Balaban J connectivity index is 0.000000246. The number of aromatic nitrogens is 2. The summed E-state index contributed by atoms with van der Waals surface area (Å²) >= 11 is 0. The highest BCUT2D eigenvalue weighted by Crippen LogP contribution is 2.34. The number of pyridine rings is 2. The molecule has 0 saturated heterocycles. The van der Waals surface area contributed by atoms with E-state index in [-0.39, 0.29) is 22.3 Å². The Labute approximate surface area is 267 Å². The first-order valence-electron chi connectivity index (χ1n) is 15.0. The smallest absolute Gasteiger partial charge is 0.341 e. The van der Waals surface area contributed by atoms with Gasteiger partial charge in [0.2, 0.25) is 11.8 Å². The zero-order valence-corrected chi connectivity index (χ0v) is 28.6. The van der Waals surface area contributed by atoms with Crippen molar-refractivity contribution in [1.29, 1.82) is 5.26 Å². The minimum absolute atomic E-state index is 0.0670. The lowest BCUT2D eigenvalue weighted by molar-refractivity contribution is 0.0693. The number of rotatable bonds is 5. The van der Waals surface area contributed by atoms with Crippen molar-refractivity contribution in [1.82, 2.24) is 9.97 Å². The highest BCUT2D eigenvalue weighted by molar-refractivity contribution is 5.90. The summed E-state index contributed by atoms with van der Waals surface area (Å²) in [5, 5.41) is 18.7. The van der Waals surface area contributed by atoms with E-state index in [1.54, 1.807) is 18.2 Å². The van der Waals surface area contributed by atoms with Crippen molar-refractivity contribution in [2.75, 3.05) is 0 Å². The summed E-state index contributed by atoms with van der Waals surface area (Å²) in [4.78, 5) is 20.5. The lowest BCUT2D eigenvalue weighted by Gasteiger charge is -2.20. The van der Waals surface area contributed by atoms with E-state index < -0.39 is 5.97 Å². The largest absolute Gasteiger partial charge is 0.477 e. The van der Waals surface area contributed by atoms with Crippen molar-refractivity contribution in [3.63, 3.8) is 0 Å². The Bertz CT molecular complexity index is 1720. The van der Waals surface area contributed by atoms with Crippen LogP contribution in [0.1, 0.15) is 102 Å². The van der Waals surface area contributed by atoms with Crippen LogP contribution in [0.15, 0.2) is 48.5 Å². The molecule has 45 heavy (non-hydrogen) atoms. The number of nitrogens with zero attached hydrogens (tertiary/aromatic N) is 3. The molecule has 0 saturated carbocycles. The van der Waals surface area contributed by atoms with Crippen LogP contribution in [-0.4, -0.2) is 21.0 Å². The number of aromatic carboxylic acids is 1. The second-order valence-corrected chi connectivity index (χ2v) is 13.7. The number of benzene rings is 2. The van der Waals surface area contributed by atoms with Gasteiger partial charge in [0, 0.05) is 22.2 Å². The van der Waals surface area contributed by atoms with Gasteiger partial charge in [-0.25, -0.2) is 14.8 Å². The highest BCUT2D eigenvalue weighted by Gasteiger charge is 2.22. The fraction of sp³-hybridized carbons (Fsp3) is 0.368. The maximum atomic E-state index is 11.5. The van der Waals surface area contributed by atoms with E-state index in [1.807, 2.05) is 73.6 Å². The lowest BCUT2D eigenvalue weighted by Crippen LogP contribution is -2.15. The van der Waals surface area contributed by atoms with E-state index in [0.717, 1.165) is 45.0 Å². The molecule has 4 rings (SSSR count). The summed E-state index contributed by atoms with van der Waals surface area (Å²) in [5.74, 6) is 0.914. The van der Waals surface area contributed by atoms with Crippen LogP contribution in [0.5, 0.6) is 23.3 Å². The molecule has 0 atom stereocenters. The van der Waals surface area contributed by atoms with Crippen molar-refractivity contribution in [3.8, 4) is 29.3 Å². The van der Waals surface area contributed by atoms with Crippen LogP contribution in [-0.2, 0) is 10.8 Å². The van der Waals surface area contributed by atoms with Gasteiger partial charge in [0.15, 0.2) is 0 Å². The predicted molar refractivity (Wildman–Crippen MR) is 179 cm³/mol. The fourth-order valence-electron chi connectivity index (χ4n) is 4.97. The molecule has 0 aliphatic rings. The summed E-state index contributed by atoms with van der Waals surface area (Å²) < 4.78 is 12.0. The minimum Gasteiger partial charge on any atom is -0.477 e. The van der Waals surface area contributed by atoms with Crippen molar-refractivity contribution in [2.45, 2.75) is 93.9 Å². The molecule has 0 amide bonds. The monoisotopic (exact) mass is 607 g/mol. The first kappa shape index (κ1) is 34.8. The Kier molecular flexibility index (Phi) is 10.5. The van der Waals surface area contributed by atoms with Crippen LogP contribution in [0.4, 0.5) is 0 Å². The lowest BCUT2D eigenvalue weighted by atomic mass is 9.91. The molecule has 7 heteroatoms. The van der Waals surface area contributed by atoms with Crippen molar-refractivity contribution in [3.05, 3.63) is 104 Å². The normalized spacial score (nSPS) is 11.3. The molecule has 1 N–H and O–H groups in total. The molecule has 0 unspecified atom stereocenters. The first-order valence-corrected chi connectivity index (χ1v) is 15.0. The molecule has 7 nitrogen and oxygen atoms in total. The summed E-state index contributed by atoms with van der Waals surface area (Å²) in [7, 11) is 0. The van der Waals surface area contributed by atoms with E-state index in [2.05, 4.69) is 55.9 Å². The van der Waals surface area contributed by atoms with Gasteiger partial charge in [-0.05, 0) is 88.1 Å². The van der Waals surface area contributed by atoms with Gasteiger partial charge in [-0.3, -0.25) is 0 Å². The fourth-order valence-corrected chi connectivity index (χ4v) is 4.97. The molecule has 0 radical (unpaired) electrons. The number of carboxylic acids is 1. The number of aryl methyl sites for hydroxylation is 6. The number of carbonyl (C=O) groups is 1. The average molecular weight is 608 g/mol. The highest BCUT2D eigenvalue weighted by atomic mass is 16.5. The second kappa shape index (κ2) is 13.5. The standard InChI is InChI=1S/C19H22N2O.C19H23NO3/c1-12-9-13(2)17(14(3)10-12)22-18-15(11-20)7-8-16(21-18)19(4,5)6;1-11-9-12(2)16(13(3)10-11)23-17-14(18(21)22)7-8-15(20-17)19(4,5)6/h7-10H,1-6H3;7-10H,1-6H3,(H,21,22). The zero-order chi connectivity index (χ0) is 33.9. The maximum absolute atomic E-state index is 11.5. The number of nitriles is 1. The van der Waals surface area contributed by atoms with Gasteiger partial charge in [0.1, 0.15) is 28.7 Å². The molecule has 2 aromatic heterocycles. The molecule has 2 heterocycles. The summed E-state index contributed by atoms with van der Waals surface area (Å²) in [6.07, 6.45) is 0. The Morgan fingerprint density at radius 1 is 0.667 bits per heavy atom. The zero-order valence-electron chi connectivity index (χ0n) is 28.6. The van der Waals surface area contributed by atoms with Gasteiger partial charge >= 0.3 is 5.97 Å². The van der Waals surface area contributed by atoms with Crippen LogP contribution in [0.2, 0.25) is 0 Å². The van der Waals surface area contributed by atoms with Gasteiger partial charge in [0.05, 0.1) is 0 Å². The number of hydrogen-bond donors (Lipinski definition) is 1. The van der Waals surface area contributed by atoms with Gasteiger partial charge in [0.25, 0.3) is 0 Å². The average Bonchev–Trinajstić information content (AvgIpc) is 2.91. The summed E-state index contributed by atoms with van der Waals surface area (Å²) in [6, 6.07) is 17.3. The van der Waals surface area contributed by atoms with E-state index in [1.165, 1.54) is 5.56 Å². The van der Waals surface area contributed by atoms with E-state index in [9.17, 15) is 15.2 Å². The SMILES string of the molecule is Cc1cc(C)c(Oc2nc(C(C)(C)C)ccc2C#N)c(C)c1.Cc1cc(C)c(Oc2nc(C(C)(C)C)ccc2C(=O)O)c(C)c1. The first-order chi connectivity index (χ1) is 20.8. The van der Waals surface area contributed by atoms with Gasteiger partial charge in [-0.2, -0.15) is 5.26 Å². The van der Waals surface area contributed by atoms with E-state index in [0.29, 0.717) is 17.2 Å². The van der Waals surface area contributed by atoms with Crippen molar-refractivity contribution in [2.24, 2.45) is 0 Å². The predicted octanol–water partition coefficient (Wildman–Crippen LogP) is 9.76. The van der Waals surface area contributed by atoms with Crippen LogP contribution in [0, 0.1) is 52.9 Å². The molecule has 0 bridgehead atoms. The summed E-state index contributed by atoms with van der Waals surface area (Å²) in [5.41, 5.74) is 8.28. The molecular weight excluding hydrogens is 562 g/mol. The van der Waals surface area contributed by atoms with Crippen LogP contribution in [0.25, 0.3) is 0 Å². The Morgan fingerprint density at radius 2 is 1.04 bits per heavy atom. The van der Waals surface area contributed by atoms with E-state index >= 15 is 0 Å².